The van der Waals surface area contributed by atoms with Gasteiger partial charge in [0.25, 0.3) is 0 Å². The molecular weight excluding hydrogens is 232 g/mol. The molecular formula is C12H16N4O2. The Morgan fingerprint density at radius 2 is 2.11 bits per heavy atom. The number of piperidine rings is 3. The topological polar surface area (TPSA) is 78.3 Å². The maximum atomic E-state index is 10.7. The van der Waals surface area contributed by atoms with Gasteiger partial charge in [0, 0.05) is 12.6 Å². The van der Waals surface area contributed by atoms with E-state index in [1.165, 1.54) is 38.3 Å². The Morgan fingerprint density at radius 3 is 2.61 bits per heavy atom. The summed E-state index contributed by atoms with van der Waals surface area (Å²) in [6.45, 7) is 3.45. The highest BCUT2D eigenvalue weighted by atomic mass is 16.4. The lowest BCUT2D eigenvalue weighted by Crippen LogP contribution is -2.53. The quantitative estimate of drug-likeness (QED) is 0.819. The number of carboxylic acids is 1. The summed E-state index contributed by atoms with van der Waals surface area (Å²) in [4.78, 5) is 21.1. The van der Waals surface area contributed by atoms with Crippen LogP contribution in [0.1, 0.15) is 23.3 Å². The van der Waals surface area contributed by atoms with E-state index in [1.807, 2.05) is 0 Å². The molecule has 0 aromatic carbocycles. The lowest BCUT2D eigenvalue weighted by atomic mass is 9.84. The summed E-state index contributed by atoms with van der Waals surface area (Å²) in [5.74, 6) is 0.326. The molecule has 0 saturated carbocycles. The Hall–Kier alpha value is -1.69. The number of hydrogen-bond donors (Lipinski definition) is 2. The fourth-order valence-electron chi connectivity index (χ4n) is 2.83. The van der Waals surface area contributed by atoms with Crippen molar-refractivity contribution < 1.29 is 9.90 Å². The highest BCUT2D eigenvalue weighted by molar-refractivity contribution is 5.84. The van der Waals surface area contributed by atoms with Gasteiger partial charge in [0.1, 0.15) is 5.82 Å². The number of fused-ring (bicyclic) bond motifs is 3. The van der Waals surface area contributed by atoms with Crippen molar-refractivity contribution in [3.63, 3.8) is 0 Å². The van der Waals surface area contributed by atoms with Crippen LogP contribution < -0.4 is 5.32 Å². The van der Waals surface area contributed by atoms with Crippen molar-refractivity contribution >= 4 is 11.8 Å². The van der Waals surface area contributed by atoms with Gasteiger partial charge in [0.15, 0.2) is 5.69 Å². The van der Waals surface area contributed by atoms with E-state index in [4.69, 9.17) is 5.11 Å². The lowest BCUT2D eigenvalue weighted by molar-refractivity contribution is 0.0690. The molecule has 1 aromatic heterocycles. The highest BCUT2D eigenvalue weighted by Gasteiger charge is 2.34. The zero-order valence-corrected chi connectivity index (χ0v) is 10.0. The molecule has 2 N–H and O–H groups in total. The van der Waals surface area contributed by atoms with E-state index in [9.17, 15) is 4.79 Å². The third kappa shape index (κ3) is 2.15. The molecule has 4 rings (SSSR count). The molecule has 18 heavy (non-hydrogen) atoms. The second kappa shape index (κ2) is 4.53. The van der Waals surface area contributed by atoms with Crippen LogP contribution in [0.3, 0.4) is 0 Å². The molecule has 0 aliphatic carbocycles. The molecule has 0 radical (unpaired) electrons. The third-order valence-corrected chi connectivity index (χ3v) is 3.86. The number of nitrogens with one attached hydrogen (secondary N) is 1. The number of nitrogens with zero attached hydrogens (tertiary/aromatic N) is 3. The van der Waals surface area contributed by atoms with E-state index in [0.29, 0.717) is 17.8 Å². The van der Waals surface area contributed by atoms with Gasteiger partial charge in [-0.1, -0.05) is 0 Å². The lowest BCUT2D eigenvalue weighted by Gasteiger charge is -2.45. The molecule has 1 atom stereocenters. The average molecular weight is 248 g/mol. The van der Waals surface area contributed by atoms with E-state index < -0.39 is 5.97 Å². The van der Waals surface area contributed by atoms with Crippen molar-refractivity contribution in [3.8, 4) is 0 Å². The van der Waals surface area contributed by atoms with Gasteiger partial charge in [0.05, 0.1) is 12.4 Å². The fourth-order valence-corrected chi connectivity index (χ4v) is 2.83. The number of aromatic carboxylic acids is 1. The Balaban J connectivity index is 1.67. The van der Waals surface area contributed by atoms with Crippen LogP contribution in [0.15, 0.2) is 12.4 Å². The number of anilines is 1. The van der Waals surface area contributed by atoms with Crippen LogP contribution in [0.5, 0.6) is 0 Å². The first kappa shape index (κ1) is 11.4. The van der Waals surface area contributed by atoms with E-state index in [2.05, 4.69) is 20.2 Å². The number of carbonyl (C=O) groups is 1. The average Bonchev–Trinajstić information content (AvgIpc) is 2.41. The van der Waals surface area contributed by atoms with Crippen molar-refractivity contribution in [2.75, 3.05) is 25.0 Å². The van der Waals surface area contributed by atoms with E-state index in [1.54, 1.807) is 0 Å². The standard InChI is InChI=1S/C12H16N4O2/c17-12(18)9-5-14-11(6-13-9)15-10-7-16-3-1-8(10)2-4-16/h5-6,8,10H,1-4,7H2,(H,14,15)(H,17,18). The SMILES string of the molecule is O=C(O)c1cnc(NC2CN3CCC2CC3)cn1. The highest BCUT2D eigenvalue weighted by Crippen LogP contribution is 2.29. The van der Waals surface area contributed by atoms with Crippen molar-refractivity contribution in [1.82, 2.24) is 14.9 Å². The minimum atomic E-state index is -1.04. The number of carboxylic acid groups (broad SMARTS) is 1. The first-order valence-electron chi connectivity index (χ1n) is 6.26. The van der Waals surface area contributed by atoms with Crippen LogP contribution in [0, 0.1) is 5.92 Å². The second-order valence-corrected chi connectivity index (χ2v) is 4.98. The van der Waals surface area contributed by atoms with Crippen LogP contribution >= 0.6 is 0 Å². The molecule has 4 heterocycles. The Labute approximate surface area is 105 Å². The van der Waals surface area contributed by atoms with Crippen LogP contribution in [0.25, 0.3) is 0 Å². The predicted molar refractivity (Wildman–Crippen MR) is 65.6 cm³/mol. The normalized spacial score (nSPS) is 30.1. The van der Waals surface area contributed by atoms with Gasteiger partial charge in [0.2, 0.25) is 0 Å². The van der Waals surface area contributed by atoms with Gasteiger partial charge < -0.3 is 15.3 Å². The van der Waals surface area contributed by atoms with E-state index in [0.717, 1.165) is 6.54 Å². The minimum Gasteiger partial charge on any atom is -0.476 e. The van der Waals surface area contributed by atoms with Gasteiger partial charge in [-0.3, -0.25) is 0 Å². The van der Waals surface area contributed by atoms with Crippen LogP contribution in [0.4, 0.5) is 5.82 Å². The van der Waals surface area contributed by atoms with Gasteiger partial charge in [-0.2, -0.15) is 0 Å². The first-order valence-corrected chi connectivity index (χ1v) is 6.26. The van der Waals surface area contributed by atoms with Gasteiger partial charge >= 0.3 is 5.97 Å². The maximum Gasteiger partial charge on any atom is 0.356 e. The van der Waals surface area contributed by atoms with Crippen molar-refractivity contribution in [3.05, 3.63) is 18.1 Å². The zero-order chi connectivity index (χ0) is 12.5. The van der Waals surface area contributed by atoms with Crippen LogP contribution in [-0.4, -0.2) is 51.6 Å². The second-order valence-electron chi connectivity index (χ2n) is 4.98. The van der Waals surface area contributed by atoms with Crippen LogP contribution in [-0.2, 0) is 0 Å². The summed E-state index contributed by atoms with van der Waals surface area (Å²) >= 11 is 0. The van der Waals surface area contributed by atoms with Gasteiger partial charge in [-0.15, -0.1) is 0 Å². The summed E-state index contributed by atoms with van der Waals surface area (Å²) in [6, 6.07) is 0.414. The molecule has 2 bridgehead atoms. The molecule has 0 spiro atoms. The molecule has 6 heteroatoms. The van der Waals surface area contributed by atoms with Gasteiger partial charge in [-0.05, 0) is 31.8 Å². The minimum absolute atomic E-state index is 0.0190. The molecule has 96 valence electrons. The summed E-state index contributed by atoms with van der Waals surface area (Å²) < 4.78 is 0. The molecule has 3 saturated heterocycles. The molecule has 3 aliphatic rings. The van der Waals surface area contributed by atoms with E-state index in [-0.39, 0.29) is 5.69 Å². The Kier molecular flexibility index (Phi) is 2.87. The zero-order valence-electron chi connectivity index (χ0n) is 10.0. The van der Waals surface area contributed by atoms with Crippen LogP contribution in [0.2, 0.25) is 0 Å². The number of rotatable bonds is 3. The fraction of sp³-hybridized carbons (Fsp3) is 0.583. The van der Waals surface area contributed by atoms with Gasteiger partial charge in [-0.25, -0.2) is 14.8 Å². The summed E-state index contributed by atoms with van der Waals surface area (Å²) in [6.07, 6.45) is 5.27. The molecule has 6 nitrogen and oxygen atoms in total. The van der Waals surface area contributed by atoms with Crippen molar-refractivity contribution in [2.45, 2.75) is 18.9 Å². The molecule has 1 unspecified atom stereocenters. The molecule has 3 aliphatic heterocycles. The smallest absolute Gasteiger partial charge is 0.356 e. The number of aromatic nitrogens is 2. The van der Waals surface area contributed by atoms with Crippen molar-refractivity contribution in [2.24, 2.45) is 5.92 Å². The summed E-state index contributed by atoms with van der Waals surface area (Å²) in [5, 5.41) is 12.1. The largest absolute Gasteiger partial charge is 0.476 e. The summed E-state index contributed by atoms with van der Waals surface area (Å²) in [5.41, 5.74) is -0.0190. The predicted octanol–water partition coefficient (Wildman–Crippen LogP) is 0.681. The molecule has 0 amide bonds. The monoisotopic (exact) mass is 248 g/mol. The maximum absolute atomic E-state index is 10.7. The third-order valence-electron chi connectivity index (χ3n) is 3.86. The Morgan fingerprint density at radius 1 is 1.33 bits per heavy atom. The number of hydrogen-bond acceptors (Lipinski definition) is 5. The van der Waals surface area contributed by atoms with Crippen molar-refractivity contribution in [1.29, 1.82) is 0 Å². The molecule has 1 aromatic rings. The first-order chi connectivity index (χ1) is 8.72. The summed E-state index contributed by atoms with van der Waals surface area (Å²) in [7, 11) is 0. The van der Waals surface area contributed by atoms with E-state index >= 15 is 0 Å². The Bertz CT molecular complexity index is 440. The molecule has 3 fully saturated rings.